The summed E-state index contributed by atoms with van der Waals surface area (Å²) in [5.74, 6) is -0.365. The number of amides is 1. The molecular formula is C17H33NO5SiV2. The molecule has 0 N–H and O–H groups in total. The van der Waals surface area contributed by atoms with Crippen molar-refractivity contribution in [1.29, 1.82) is 0 Å². The first-order valence-corrected chi connectivity index (χ1v) is 9.58. The molecule has 0 aromatic rings. The molecule has 0 fully saturated rings. The molecule has 4 radical (unpaired) electrons. The Morgan fingerprint density at radius 2 is 1.77 bits per heavy atom. The molecule has 0 rings (SSSR count). The number of hydrogen-bond donors (Lipinski definition) is 0. The summed E-state index contributed by atoms with van der Waals surface area (Å²) >= 11 is 0. The van der Waals surface area contributed by atoms with Crippen LogP contribution < -0.4 is 0 Å². The molecular weight excluding hydrogens is 428 g/mol. The van der Waals surface area contributed by atoms with E-state index in [1.807, 2.05) is 27.8 Å². The van der Waals surface area contributed by atoms with Crippen molar-refractivity contribution < 1.29 is 60.6 Å². The van der Waals surface area contributed by atoms with E-state index in [1.165, 1.54) is 0 Å². The summed E-state index contributed by atoms with van der Waals surface area (Å²) in [5, 5.41) is 0. The van der Waals surface area contributed by atoms with Gasteiger partial charge in [0.25, 0.3) is 0 Å². The third-order valence-electron chi connectivity index (χ3n) is 3.96. The van der Waals surface area contributed by atoms with Crippen LogP contribution in [0, 0.1) is 11.3 Å². The molecule has 0 heterocycles. The Hall–Kier alpha value is 0.246. The van der Waals surface area contributed by atoms with Crippen LogP contribution in [0.4, 0.5) is 0 Å². The van der Waals surface area contributed by atoms with Crippen LogP contribution in [0.1, 0.15) is 40.0 Å². The fourth-order valence-electron chi connectivity index (χ4n) is 2.43. The van der Waals surface area contributed by atoms with Crippen LogP contribution in [0.5, 0.6) is 0 Å². The normalized spacial score (nSPS) is 11.8. The van der Waals surface area contributed by atoms with E-state index in [0.717, 1.165) is 12.5 Å². The molecule has 0 aliphatic heterocycles. The number of methoxy groups -OCH3 is 1. The van der Waals surface area contributed by atoms with Gasteiger partial charge in [-0.05, 0) is 39.2 Å². The minimum Gasteiger partial charge on any atom is -0.463 e. The van der Waals surface area contributed by atoms with Crippen LogP contribution in [0.25, 0.3) is 0 Å². The first-order chi connectivity index (χ1) is 11.3. The maximum absolute atomic E-state index is 12.6. The van der Waals surface area contributed by atoms with E-state index in [0.29, 0.717) is 35.8 Å². The van der Waals surface area contributed by atoms with Crippen LogP contribution >= 0.6 is 0 Å². The number of hydrogen-bond acceptors (Lipinski definition) is 5. The van der Waals surface area contributed by atoms with Gasteiger partial charge in [-0.25, -0.2) is 0 Å². The van der Waals surface area contributed by atoms with Crippen LogP contribution in [-0.2, 0) is 60.6 Å². The predicted octanol–water partition coefficient (Wildman–Crippen LogP) is 2.15. The van der Waals surface area contributed by atoms with Crippen molar-refractivity contribution in [3.8, 4) is 0 Å². The topological polar surface area (TPSA) is 65.1 Å². The van der Waals surface area contributed by atoms with Gasteiger partial charge in [-0.1, -0.05) is 6.92 Å². The molecule has 0 aromatic carbocycles. The summed E-state index contributed by atoms with van der Waals surface area (Å²) in [6.45, 7) is 6.97. The summed E-state index contributed by atoms with van der Waals surface area (Å²) in [4.78, 5) is 26.6. The zero-order valence-electron chi connectivity index (χ0n) is 16.9. The minimum absolute atomic E-state index is 0. The van der Waals surface area contributed by atoms with Crippen molar-refractivity contribution in [3.63, 3.8) is 0 Å². The Morgan fingerprint density at radius 3 is 2.27 bits per heavy atom. The molecule has 150 valence electrons. The van der Waals surface area contributed by atoms with Crippen LogP contribution in [0.2, 0.25) is 6.04 Å². The van der Waals surface area contributed by atoms with Crippen molar-refractivity contribution in [2.75, 3.05) is 41.0 Å². The fourth-order valence-corrected chi connectivity index (χ4v) is 2.94. The molecule has 1 atom stereocenters. The summed E-state index contributed by atoms with van der Waals surface area (Å²) in [7, 11) is 5.56. The standard InChI is InChI=1S/C17H33NO5Si.2V/c1-7-14(15(19)18(4)9-8-12-24-22-6)13-17(2,3)16(20)23-11-10-21-5;;/h14H,7-13H2,1-6H3;;. The maximum Gasteiger partial charge on any atom is 0.311 e. The largest absolute Gasteiger partial charge is 0.463 e. The molecule has 0 bridgehead atoms. The first kappa shape index (κ1) is 31.0. The second kappa shape index (κ2) is 17.4. The van der Waals surface area contributed by atoms with Crippen molar-refractivity contribution in [2.24, 2.45) is 11.3 Å². The number of rotatable bonds is 13. The number of esters is 1. The van der Waals surface area contributed by atoms with E-state index >= 15 is 0 Å². The SMILES string of the molecule is CCC(CC(C)(C)C(=O)OCCOC)C(=O)N(C)CCC[Si]OC.[V].[V]. The Bertz CT molecular complexity index is 386. The zero-order valence-corrected chi connectivity index (χ0v) is 20.7. The van der Waals surface area contributed by atoms with E-state index < -0.39 is 5.41 Å². The Labute approximate surface area is 185 Å². The molecule has 1 unspecified atom stereocenters. The smallest absolute Gasteiger partial charge is 0.311 e. The van der Waals surface area contributed by atoms with Gasteiger partial charge in [0.15, 0.2) is 0 Å². The zero-order chi connectivity index (χ0) is 18.6. The molecule has 9 heteroatoms. The van der Waals surface area contributed by atoms with E-state index in [9.17, 15) is 9.59 Å². The molecule has 1 amide bonds. The van der Waals surface area contributed by atoms with Gasteiger partial charge in [-0.3, -0.25) is 9.59 Å². The average Bonchev–Trinajstić information content (AvgIpc) is 2.55. The monoisotopic (exact) mass is 461 g/mol. The van der Waals surface area contributed by atoms with E-state index in [1.54, 1.807) is 19.1 Å². The van der Waals surface area contributed by atoms with Gasteiger partial charge < -0.3 is 18.8 Å². The van der Waals surface area contributed by atoms with Crippen molar-refractivity contribution >= 4 is 21.6 Å². The molecule has 0 spiro atoms. The van der Waals surface area contributed by atoms with E-state index in [-0.39, 0.29) is 61.5 Å². The van der Waals surface area contributed by atoms with E-state index in [2.05, 4.69) is 0 Å². The molecule has 0 saturated heterocycles. The second-order valence-electron chi connectivity index (χ2n) is 6.53. The third-order valence-corrected chi connectivity index (χ3v) is 4.81. The van der Waals surface area contributed by atoms with Crippen LogP contribution in [0.15, 0.2) is 0 Å². The Kier molecular flexibility index (Phi) is 20.7. The molecule has 0 aromatic heterocycles. The average molecular weight is 461 g/mol. The number of carbonyl (C=O) groups is 2. The summed E-state index contributed by atoms with van der Waals surface area (Å²) in [6, 6.07) is 0.961. The van der Waals surface area contributed by atoms with Crippen molar-refractivity contribution in [3.05, 3.63) is 0 Å². The van der Waals surface area contributed by atoms with Gasteiger partial charge in [-0.15, -0.1) is 0 Å². The van der Waals surface area contributed by atoms with Crippen molar-refractivity contribution in [1.82, 2.24) is 4.90 Å². The van der Waals surface area contributed by atoms with Crippen molar-refractivity contribution in [2.45, 2.75) is 46.1 Å². The van der Waals surface area contributed by atoms with Gasteiger partial charge in [0.05, 0.1) is 12.0 Å². The summed E-state index contributed by atoms with van der Waals surface area (Å²) < 4.78 is 15.2. The predicted molar refractivity (Wildman–Crippen MR) is 94.8 cm³/mol. The van der Waals surface area contributed by atoms with E-state index in [4.69, 9.17) is 13.9 Å². The van der Waals surface area contributed by atoms with Gasteiger partial charge in [-0.2, -0.15) is 0 Å². The maximum atomic E-state index is 12.6. The van der Waals surface area contributed by atoms with Gasteiger partial charge >= 0.3 is 5.97 Å². The van der Waals surface area contributed by atoms with Crippen LogP contribution in [0.3, 0.4) is 0 Å². The molecule has 6 nitrogen and oxygen atoms in total. The second-order valence-corrected chi connectivity index (χ2v) is 7.73. The molecule has 26 heavy (non-hydrogen) atoms. The number of nitrogens with zero attached hydrogens (tertiary/aromatic N) is 1. The fraction of sp³-hybridized carbons (Fsp3) is 0.882. The van der Waals surface area contributed by atoms with Gasteiger partial charge in [0, 0.05) is 70.8 Å². The third kappa shape index (κ3) is 12.6. The number of ether oxygens (including phenoxy) is 2. The van der Waals surface area contributed by atoms with Gasteiger partial charge in [0.1, 0.15) is 6.61 Å². The van der Waals surface area contributed by atoms with Crippen LogP contribution in [-0.4, -0.2) is 67.6 Å². The molecule has 0 aliphatic rings. The Morgan fingerprint density at radius 1 is 1.15 bits per heavy atom. The quantitative estimate of drug-likeness (QED) is 0.239. The Balaban J connectivity index is -0.00000264. The first-order valence-electron chi connectivity index (χ1n) is 8.47. The molecule has 0 aliphatic carbocycles. The molecule has 0 saturated carbocycles. The van der Waals surface area contributed by atoms with Gasteiger partial charge in [0.2, 0.25) is 15.7 Å². The summed E-state index contributed by atoms with van der Waals surface area (Å²) in [6.07, 6.45) is 2.11. The number of carbonyl (C=O) groups excluding carboxylic acids is 2. The minimum atomic E-state index is -0.692. The summed E-state index contributed by atoms with van der Waals surface area (Å²) in [5.41, 5.74) is -0.692.